The molecule has 0 aliphatic rings. The second kappa shape index (κ2) is 10.2. The molecule has 0 rings (SSSR count). The molecule has 0 aliphatic carbocycles. The fourth-order valence-electron chi connectivity index (χ4n) is 2.39. The SMILES string of the molecule is CC(C)(CCCCOCCCCC(C)(C)S(C)(=O)=O)CCS(N)(=O)=O. The van der Waals surface area contributed by atoms with Crippen molar-refractivity contribution in [3.05, 3.63) is 0 Å². The molecule has 0 amide bonds. The molecule has 0 saturated carbocycles. The van der Waals surface area contributed by atoms with Crippen LogP contribution in [0.4, 0.5) is 0 Å². The van der Waals surface area contributed by atoms with E-state index in [1.54, 1.807) is 13.8 Å². The maximum absolute atomic E-state index is 11.6. The van der Waals surface area contributed by atoms with Crippen LogP contribution in [-0.4, -0.2) is 46.8 Å². The number of sulfone groups is 1. The third-order valence-electron chi connectivity index (χ3n) is 4.78. The smallest absolute Gasteiger partial charge is 0.209 e. The molecule has 0 bridgehead atoms. The number of rotatable bonds is 14. The summed E-state index contributed by atoms with van der Waals surface area (Å²) in [6.07, 6.45) is 7.06. The maximum Gasteiger partial charge on any atom is 0.209 e. The van der Waals surface area contributed by atoms with Gasteiger partial charge in [0, 0.05) is 19.5 Å². The molecule has 6 nitrogen and oxygen atoms in total. The van der Waals surface area contributed by atoms with E-state index in [4.69, 9.17) is 9.88 Å². The van der Waals surface area contributed by atoms with Crippen molar-refractivity contribution < 1.29 is 21.6 Å². The molecule has 0 heterocycles. The molecule has 152 valence electrons. The fraction of sp³-hybridized carbons (Fsp3) is 1.00. The van der Waals surface area contributed by atoms with Crippen LogP contribution in [0.25, 0.3) is 0 Å². The van der Waals surface area contributed by atoms with Gasteiger partial charge in [-0.05, 0) is 57.8 Å². The number of primary sulfonamides is 1. The third-order valence-corrected chi connectivity index (χ3v) is 7.76. The van der Waals surface area contributed by atoms with Gasteiger partial charge >= 0.3 is 0 Å². The van der Waals surface area contributed by atoms with E-state index in [-0.39, 0.29) is 11.2 Å². The molecule has 2 N–H and O–H groups in total. The van der Waals surface area contributed by atoms with Crippen LogP contribution < -0.4 is 5.14 Å². The van der Waals surface area contributed by atoms with Crippen LogP contribution in [0.15, 0.2) is 0 Å². The first kappa shape index (κ1) is 24.8. The van der Waals surface area contributed by atoms with E-state index in [2.05, 4.69) is 13.8 Å². The number of unbranched alkanes of at least 4 members (excludes halogenated alkanes) is 2. The van der Waals surface area contributed by atoms with Crippen molar-refractivity contribution in [1.29, 1.82) is 0 Å². The molecule has 0 aromatic heterocycles. The van der Waals surface area contributed by atoms with Crippen LogP contribution >= 0.6 is 0 Å². The highest BCUT2D eigenvalue weighted by molar-refractivity contribution is 7.92. The lowest BCUT2D eigenvalue weighted by molar-refractivity contribution is 0.122. The zero-order chi connectivity index (χ0) is 19.8. The summed E-state index contributed by atoms with van der Waals surface area (Å²) in [5, 5.41) is 5.05. The van der Waals surface area contributed by atoms with Gasteiger partial charge in [-0.3, -0.25) is 0 Å². The molecule has 0 fully saturated rings. The van der Waals surface area contributed by atoms with Gasteiger partial charge in [0.25, 0.3) is 0 Å². The highest BCUT2D eigenvalue weighted by atomic mass is 32.2. The van der Waals surface area contributed by atoms with Crippen LogP contribution in [0.2, 0.25) is 0 Å². The van der Waals surface area contributed by atoms with Gasteiger partial charge < -0.3 is 4.74 Å². The summed E-state index contributed by atoms with van der Waals surface area (Å²) in [7, 11) is -6.41. The second-order valence-electron chi connectivity index (χ2n) is 8.34. The van der Waals surface area contributed by atoms with Crippen molar-refractivity contribution in [3.8, 4) is 0 Å². The molecule has 0 radical (unpaired) electrons. The number of nitrogens with two attached hydrogens (primary N) is 1. The monoisotopic (exact) mass is 399 g/mol. The summed E-state index contributed by atoms with van der Waals surface area (Å²) in [5.74, 6) is 0.0281. The average molecular weight is 400 g/mol. The Hall–Kier alpha value is -0.180. The highest BCUT2D eigenvalue weighted by Gasteiger charge is 2.29. The Labute approximate surface area is 154 Å². The Balaban J connectivity index is 3.71. The van der Waals surface area contributed by atoms with E-state index in [1.807, 2.05) is 0 Å². The summed E-state index contributed by atoms with van der Waals surface area (Å²) in [6, 6.07) is 0. The summed E-state index contributed by atoms with van der Waals surface area (Å²) in [6.45, 7) is 8.97. The molecule has 0 aromatic rings. The van der Waals surface area contributed by atoms with Gasteiger partial charge in [-0.15, -0.1) is 0 Å². The minimum Gasteiger partial charge on any atom is -0.381 e. The lowest BCUT2D eigenvalue weighted by atomic mass is 9.85. The summed E-state index contributed by atoms with van der Waals surface area (Å²) >= 11 is 0. The normalized spacial score (nSPS) is 14.0. The molecule has 8 heteroatoms. The van der Waals surface area contributed by atoms with E-state index < -0.39 is 24.6 Å². The van der Waals surface area contributed by atoms with Gasteiger partial charge in [-0.1, -0.05) is 20.3 Å². The zero-order valence-corrected chi connectivity index (χ0v) is 18.1. The van der Waals surface area contributed by atoms with Crippen molar-refractivity contribution in [2.24, 2.45) is 10.6 Å². The van der Waals surface area contributed by atoms with Gasteiger partial charge in [0.1, 0.15) is 0 Å². The van der Waals surface area contributed by atoms with Crippen molar-refractivity contribution in [1.82, 2.24) is 0 Å². The molecular weight excluding hydrogens is 362 g/mol. The molecule has 0 atom stereocenters. The summed E-state index contributed by atoms with van der Waals surface area (Å²) in [5.41, 5.74) is -0.0380. The molecule has 0 spiro atoms. The largest absolute Gasteiger partial charge is 0.381 e. The van der Waals surface area contributed by atoms with E-state index in [9.17, 15) is 16.8 Å². The second-order valence-corrected chi connectivity index (χ2v) is 12.7. The van der Waals surface area contributed by atoms with Gasteiger partial charge in [-0.25, -0.2) is 22.0 Å². The molecular formula is C17H37NO5S2. The maximum atomic E-state index is 11.6. The van der Waals surface area contributed by atoms with Crippen LogP contribution in [-0.2, 0) is 24.6 Å². The number of ether oxygens (including phenoxy) is 1. The van der Waals surface area contributed by atoms with Gasteiger partial charge in [0.05, 0.1) is 10.5 Å². The van der Waals surface area contributed by atoms with Crippen molar-refractivity contribution in [2.75, 3.05) is 25.2 Å². The van der Waals surface area contributed by atoms with Crippen LogP contribution in [0.3, 0.4) is 0 Å². The third kappa shape index (κ3) is 12.8. The van der Waals surface area contributed by atoms with E-state index >= 15 is 0 Å². The first-order valence-corrected chi connectivity index (χ1v) is 12.5. The van der Waals surface area contributed by atoms with Gasteiger partial charge in [0.2, 0.25) is 10.0 Å². The first-order valence-electron chi connectivity index (χ1n) is 8.94. The predicted molar refractivity (Wildman–Crippen MR) is 104 cm³/mol. The van der Waals surface area contributed by atoms with Crippen molar-refractivity contribution >= 4 is 19.9 Å². The van der Waals surface area contributed by atoms with E-state index in [0.29, 0.717) is 26.1 Å². The molecule has 25 heavy (non-hydrogen) atoms. The summed E-state index contributed by atoms with van der Waals surface area (Å²) in [4.78, 5) is 0. The topological polar surface area (TPSA) is 104 Å². The molecule has 0 saturated heterocycles. The molecule has 0 aliphatic heterocycles. The minimum absolute atomic E-state index is 0.0281. The van der Waals surface area contributed by atoms with Crippen LogP contribution in [0, 0.1) is 5.41 Å². The van der Waals surface area contributed by atoms with Crippen LogP contribution in [0.1, 0.15) is 72.6 Å². The Bertz CT molecular complexity index is 580. The average Bonchev–Trinajstić information content (AvgIpc) is 2.41. The Kier molecular flexibility index (Phi) is 10.2. The fourth-order valence-corrected chi connectivity index (χ4v) is 3.75. The number of hydrogen-bond acceptors (Lipinski definition) is 5. The number of sulfonamides is 1. The van der Waals surface area contributed by atoms with Crippen LogP contribution in [0.5, 0.6) is 0 Å². The van der Waals surface area contributed by atoms with E-state index in [1.165, 1.54) is 6.26 Å². The van der Waals surface area contributed by atoms with Gasteiger partial charge in [-0.2, -0.15) is 0 Å². The lowest BCUT2D eigenvalue weighted by Crippen LogP contribution is -2.30. The Morgan fingerprint density at radius 1 is 0.800 bits per heavy atom. The summed E-state index contributed by atoms with van der Waals surface area (Å²) < 4.78 is 50.2. The molecule has 0 aromatic carbocycles. The highest BCUT2D eigenvalue weighted by Crippen LogP contribution is 2.27. The quantitative estimate of drug-likeness (QED) is 0.452. The van der Waals surface area contributed by atoms with Gasteiger partial charge in [0.15, 0.2) is 9.84 Å². The van der Waals surface area contributed by atoms with Crippen molar-refractivity contribution in [3.63, 3.8) is 0 Å². The standard InChI is InChI=1S/C17H37NO5S2/c1-16(2,12-15-25(18,21)22)10-6-8-13-23-14-9-7-11-17(3,4)24(5,19)20/h6-15H2,1-5H3,(H2,18,21,22). The minimum atomic E-state index is -3.39. The Morgan fingerprint density at radius 2 is 1.28 bits per heavy atom. The number of hydrogen-bond donors (Lipinski definition) is 1. The molecule has 0 unspecified atom stereocenters. The first-order chi connectivity index (χ1) is 11.2. The van der Waals surface area contributed by atoms with Crippen molar-refractivity contribution in [2.45, 2.75) is 77.4 Å². The zero-order valence-electron chi connectivity index (χ0n) is 16.5. The lowest BCUT2D eigenvalue weighted by Gasteiger charge is -2.24. The Morgan fingerprint density at radius 3 is 1.72 bits per heavy atom. The predicted octanol–water partition coefficient (Wildman–Crippen LogP) is 2.87. The van der Waals surface area contributed by atoms with E-state index in [0.717, 1.165) is 32.1 Å².